The summed E-state index contributed by atoms with van der Waals surface area (Å²) in [6.07, 6.45) is 53.0. The van der Waals surface area contributed by atoms with E-state index in [-0.39, 0.29) is 38.6 Å². The fraction of sp³-hybridized carbons (Fsp3) is 0.922. The Hall–Kier alpha value is -1.25. The molecule has 0 spiro atoms. The second kappa shape index (κ2) is 48.2. The maximum absolute atomic E-state index is 12.5. The largest absolute Gasteiger partial charge is 0.472 e. The van der Waals surface area contributed by atoms with Crippen LogP contribution in [0.2, 0.25) is 0 Å². The van der Waals surface area contributed by atoms with E-state index in [1.807, 2.05) is 0 Å². The Kier molecular flexibility index (Phi) is 47.2. The molecule has 0 bridgehead atoms. The highest BCUT2D eigenvalue weighted by Gasteiger charge is 2.26. The van der Waals surface area contributed by atoms with Gasteiger partial charge in [-0.2, -0.15) is 0 Å². The van der Waals surface area contributed by atoms with Crippen molar-refractivity contribution < 1.29 is 37.6 Å². The molecule has 0 saturated carbocycles. The standard InChI is InChI=1S/C51H100NO8P/c1-3-5-7-9-11-13-15-16-17-18-19-20-21-22-23-24-25-26-27-28-29-30-31-32-33-34-36-37-39-41-43-50(53)57-47-49(48-59-61(55,56)58-46-45-52)60-51(54)44-42-40-38-35-14-12-10-8-6-4-2/h8,10,49H,3-7,9,11-48,52H2,1-2H3,(H,55,56)/b10-8-. The van der Waals surface area contributed by atoms with Crippen LogP contribution in [0.15, 0.2) is 12.2 Å². The first kappa shape index (κ1) is 59.8. The highest BCUT2D eigenvalue weighted by atomic mass is 31.2. The lowest BCUT2D eigenvalue weighted by Crippen LogP contribution is -2.29. The van der Waals surface area contributed by atoms with Crippen LogP contribution < -0.4 is 5.73 Å². The first-order valence-electron chi connectivity index (χ1n) is 26.2. The van der Waals surface area contributed by atoms with Crippen molar-refractivity contribution in [3.63, 3.8) is 0 Å². The van der Waals surface area contributed by atoms with Crippen LogP contribution in [-0.4, -0.2) is 49.3 Å². The minimum atomic E-state index is -4.37. The molecule has 0 aromatic rings. The molecule has 3 N–H and O–H groups in total. The van der Waals surface area contributed by atoms with Crippen LogP contribution in [0.5, 0.6) is 0 Å². The molecule has 0 radical (unpaired) electrons. The summed E-state index contributed by atoms with van der Waals surface area (Å²) in [6, 6.07) is 0. The molecule has 0 aromatic heterocycles. The first-order valence-corrected chi connectivity index (χ1v) is 27.7. The number of carbonyl (C=O) groups excluding carboxylic acids is 2. The number of ether oxygens (including phenoxy) is 2. The number of rotatable bonds is 50. The lowest BCUT2D eigenvalue weighted by molar-refractivity contribution is -0.161. The molecular formula is C51H100NO8P. The highest BCUT2D eigenvalue weighted by Crippen LogP contribution is 2.43. The van der Waals surface area contributed by atoms with E-state index in [4.69, 9.17) is 24.3 Å². The summed E-state index contributed by atoms with van der Waals surface area (Å²) in [5.74, 6) is -0.828. The summed E-state index contributed by atoms with van der Waals surface area (Å²) in [5.41, 5.74) is 5.35. The van der Waals surface area contributed by atoms with Gasteiger partial charge in [-0.3, -0.25) is 18.6 Å². The van der Waals surface area contributed by atoms with Crippen molar-refractivity contribution >= 4 is 19.8 Å². The molecular weight excluding hydrogens is 786 g/mol. The van der Waals surface area contributed by atoms with Crippen molar-refractivity contribution in [2.24, 2.45) is 5.73 Å². The maximum Gasteiger partial charge on any atom is 0.472 e. The minimum absolute atomic E-state index is 0.0548. The van der Waals surface area contributed by atoms with Crippen LogP contribution in [0.1, 0.15) is 271 Å². The number of hydrogen-bond donors (Lipinski definition) is 2. The van der Waals surface area contributed by atoms with Gasteiger partial charge in [-0.25, -0.2) is 4.57 Å². The molecule has 0 saturated heterocycles. The smallest absolute Gasteiger partial charge is 0.462 e. The molecule has 2 unspecified atom stereocenters. The van der Waals surface area contributed by atoms with E-state index in [1.54, 1.807) is 0 Å². The van der Waals surface area contributed by atoms with Gasteiger partial charge in [-0.15, -0.1) is 0 Å². The Labute approximate surface area is 377 Å². The van der Waals surface area contributed by atoms with Crippen LogP contribution >= 0.6 is 7.82 Å². The fourth-order valence-corrected chi connectivity index (χ4v) is 8.52. The normalized spacial score (nSPS) is 13.2. The summed E-state index contributed by atoms with van der Waals surface area (Å²) in [5, 5.41) is 0. The summed E-state index contributed by atoms with van der Waals surface area (Å²) >= 11 is 0. The third-order valence-corrected chi connectivity index (χ3v) is 12.6. The lowest BCUT2D eigenvalue weighted by atomic mass is 10.0. The van der Waals surface area contributed by atoms with Crippen molar-refractivity contribution in [2.45, 2.75) is 277 Å². The Morgan fingerprint density at radius 1 is 0.475 bits per heavy atom. The average Bonchev–Trinajstić information content (AvgIpc) is 3.25. The minimum Gasteiger partial charge on any atom is -0.462 e. The molecule has 2 atom stereocenters. The zero-order valence-corrected chi connectivity index (χ0v) is 41.1. The quantitative estimate of drug-likeness (QED) is 0.0265. The molecule has 0 aliphatic heterocycles. The van der Waals surface area contributed by atoms with Crippen molar-refractivity contribution in [3.05, 3.63) is 12.2 Å². The number of nitrogens with two attached hydrogens (primary N) is 1. The van der Waals surface area contributed by atoms with Gasteiger partial charge >= 0.3 is 19.8 Å². The third-order valence-electron chi connectivity index (χ3n) is 11.6. The SMILES string of the molecule is CCC/C=C\CCCCCCCC(=O)OC(COC(=O)CCCCCCCCCCCCCCCCCCCCCCCCCCCCCCCC)COP(=O)(O)OCCN. The molecule has 61 heavy (non-hydrogen) atoms. The van der Waals surface area contributed by atoms with Crippen LogP contribution in [-0.2, 0) is 32.7 Å². The van der Waals surface area contributed by atoms with E-state index < -0.39 is 26.5 Å². The van der Waals surface area contributed by atoms with Crippen molar-refractivity contribution in [3.8, 4) is 0 Å². The van der Waals surface area contributed by atoms with Gasteiger partial charge < -0.3 is 20.1 Å². The summed E-state index contributed by atoms with van der Waals surface area (Å²) in [7, 11) is -4.37. The van der Waals surface area contributed by atoms with Crippen LogP contribution in [0.3, 0.4) is 0 Å². The number of allylic oxidation sites excluding steroid dienone is 2. The number of unbranched alkanes of at least 4 members (excludes halogenated alkanes) is 35. The fourth-order valence-electron chi connectivity index (χ4n) is 7.76. The number of phosphoric acid groups is 1. The van der Waals surface area contributed by atoms with Crippen molar-refractivity contribution in [1.82, 2.24) is 0 Å². The van der Waals surface area contributed by atoms with Gasteiger partial charge in [0, 0.05) is 19.4 Å². The van der Waals surface area contributed by atoms with Gasteiger partial charge in [-0.1, -0.05) is 238 Å². The number of esters is 2. The Bertz CT molecular complexity index is 1010. The average molecular weight is 886 g/mol. The van der Waals surface area contributed by atoms with Crippen LogP contribution in [0, 0.1) is 0 Å². The molecule has 0 heterocycles. The predicted octanol–water partition coefficient (Wildman–Crippen LogP) is 15.7. The number of hydrogen-bond acceptors (Lipinski definition) is 8. The molecule has 0 aliphatic carbocycles. The van der Waals surface area contributed by atoms with E-state index >= 15 is 0 Å². The van der Waals surface area contributed by atoms with Gasteiger partial charge in [0.2, 0.25) is 0 Å². The molecule has 0 rings (SSSR count). The molecule has 0 aromatic carbocycles. The number of carbonyl (C=O) groups is 2. The van der Waals surface area contributed by atoms with Gasteiger partial charge in [-0.05, 0) is 32.1 Å². The number of phosphoric ester groups is 1. The van der Waals surface area contributed by atoms with Crippen molar-refractivity contribution in [2.75, 3.05) is 26.4 Å². The van der Waals surface area contributed by atoms with Gasteiger partial charge in [0.1, 0.15) is 6.61 Å². The lowest BCUT2D eigenvalue weighted by Gasteiger charge is -2.19. The van der Waals surface area contributed by atoms with E-state index in [0.717, 1.165) is 57.8 Å². The van der Waals surface area contributed by atoms with Crippen LogP contribution in [0.25, 0.3) is 0 Å². The van der Waals surface area contributed by atoms with Gasteiger partial charge in [0.25, 0.3) is 0 Å². The second-order valence-electron chi connectivity index (χ2n) is 17.8. The molecule has 0 aliphatic rings. The molecule has 0 fully saturated rings. The highest BCUT2D eigenvalue weighted by molar-refractivity contribution is 7.47. The Morgan fingerprint density at radius 2 is 0.836 bits per heavy atom. The monoisotopic (exact) mass is 886 g/mol. The van der Waals surface area contributed by atoms with E-state index in [9.17, 15) is 19.0 Å². The first-order chi connectivity index (χ1) is 29.8. The zero-order chi connectivity index (χ0) is 44.6. The second-order valence-corrected chi connectivity index (χ2v) is 19.2. The summed E-state index contributed by atoms with van der Waals surface area (Å²) in [6.45, 7) is 3.70. The van der Waals surface area contributed by atoms with Gasteiger partial charge in [0.05, 0.1) is 13.2 Å². The van der Waals surface area contributed by atoms with Crippen molar-refractivity contribution in [1.29, 1.82) is 0 Å². The summed E-state index contributed by atoms with van der Waals surface area (Å²) in [4.78, 5) is 34.9. The summed E-state index contributed by atoms with van der Waals surface area (Å²) < 4.78 is 32.8. The van der Waals surface area contributed by atoms with E-state index in [0.29, 0.717) is 6.42 Å². The van der Waals surface area contributed by atoms with Crippen LogP contribution in [0.4, 0.5) is 0 Å². The zero-order valence-electron chi connectivity index (χ0n) is 40.2. The molecule has 362 valence electrons. The topological polar surface area (TPSA) is 134 Å². The van der Waals surface area contributed by atoms with E-state index in [1.165, 1.54) is 180 Å². The third kappa shape index (κ3) is 48.1. The predicted molar refractivity (Wildman–Crippen MR) is 257 cm³/mol. The Balaban J connectivity index is 3.78. The maximum atomic E-state index is 12.5. The van der Waals surface area contributed by atoms with Gasteiger partial charge in [0.15, 0.2) is 6.10 Å². The van der Waals surface area contributed by atoms with E-state index in [2.05, 4.69) is 26.0 Å². The molecule has 10 heteroatoms. The Morgan fingerprint density at radius 3 is 1.23 bits per heavy atom. The molecule has 0 amide bonds. The molecule has 9 nitrogen and oxygen atoms in total.